The molecule has 2 aromatic rings. The summed E-state index contributed by atoms with van der Waals surface area (Å²) in [4.78, 5) is 40.0. The largest absolute Gasteiger partial charge is 0.494 e. The minimum Gasteiger partial charge on any atom is -0.494 e. The van der Waals surface area contributed by atoms with E-state index in [9.17, 15) is 14.4 Å². The van der Waals surface area contributed by atoms with Crippen LogP contribution >= 0.6 is 0 Å². The van der Waals surface area contributed by atoms with Gasteiger partial charge in [0, 0.05) is 43.2 Å². The van der Waals surface area contributed by atoms with Gasteiger partial charge in [0.15, 0.2) is 0 Å². The third-order valence-corrected chi connectivity index (χ3v) is 6.65. The molecule has 2 aliphatic heterocycles. The molecule has 1 N–H and O–H groups in total. The lowest BCUT2D eigenvalue weighted by Crippen LogP contribution is -2.50. The molecule has 7 nitrogen and oxygen atoms in total. The number of nitrogens with zero attached hydrogens (tertiary/aromatic N) is 2. The van der Waals surface area contributed by atoms with Crippen LogP contribution in [0.15, 0.2) is 48.5 Å². The van der Waals surface area contributed by atoms with Gasteiger partial charge in [-0.2, -0.15) is 0 Å². The minimum atomic E-state index is -0.768. The van der Waals surface area contributed by atoms with Gasteiger partial charge < -0.3 is 19.6 Å². The van der Waals surface area contributed by atoms with Crippen LogP contribution in [-0.4, -0.2) is 53.5 Å². The highest BCUT2D eigenvalue weighted by atomic mass is 16.5. The molecule has 0 spiro atoms. The fraction of sp³-hybridized carbons (Fsp3) is 0.444. The molecule has 180 valence electrons. The number of anilines is 1. The van der Waals surface area contributed by atoms with Crippen molar-refractivity contribution in [3.63, 3.8) is 0 Å². The smallest absolute Gasteiger partial charge is 0.303 e. The van der Waals surface area contributed by atoms with Crippen LogP contribution in [0, 0.1) is 0 Å². The lowest BCUT2D eigenvalue weighted by molar-refractivity contribution is -0.137. The number of likely N-dealkylation sites (tertiary alicyclic amines) is 1. The summed E-state index contributed by atoms with van der Waals surface area (Å²) in [5.74, 6) is 0.122. The van der Waals surface area contributed by atoms with Crippen molar-refractivity contribution in [3.05, 3.63) is 59.7 Å². The van der Waals surface area contributed by atoms with Crippen LogP contribution in [0.1, 0.15) is 60.9 Å². The average Bonchev–Trinajstić information content (AvgIpc) is 2.86. The number of para-hydroxylation sites is 1. The van der Waals surface area contributed by atoms with Crippen molar-refractivity contribution in [1.29, 1.82) is 0 Å². The first-order valence-corrected chi connectivity index (χ1v) is 12.2. The molecule has 0 aliphatic carbocycles. The van der Waals surface area contributed by atoms with Crippen LogP contribution in [0.25, 0.3) is 0 Å². The van der Waals surface area contributed by atoms with E-state index < -0.39 is 5.97 Å². The number of unbranched alkanes of at least 4 members (excludes halogenated alkanes) is 2. The Morgan fingerprint density at radius 3 is 2.41 bits per heavy atom. The second kappa shape index (κ2) is 11.2. The molecule has 2 heterocycles. The van der Waals surface area contributed by atoms with Gasteiger partial charge in [-0.25, -0.2) is 0 Å². The number of rotatable bonds is 9. The Balaban J connectivity index is 1.26. The number of aryl methyl sites for hydroxylation is 1. The standard InChI is InChI=1S/C27H32N2O5/c30-25-14-11-20-6-3-4-7-24(20)29(25)22-15-17-28(18-16-22)27(33)21-9-12-23(13-10-21)34-19-5-1-2-8-26(31)32/h3-4,6-7,9-10,12-13,22H,1-2,5,8,11,14-19H2,(H,31,32). The van der Waals surface area contributed by atoms with Crippen LogP contribution in [-0.2, 0) is 16.0 Å². The topological polar surface area (TPSA) is 87.2 Å². The van der Waals surface area contributed by atoms with Crippen molar-refractivity contribution in [2.75, 3.05) is 24.6 Å². The fourth-order valence-corrected chi connectivity index (χ4v) is 4.80. The Labute approximate surface area is 200 Å². The monoisotopic (exact) mass is 464 g/mol. The number of hydrogen-bond acceptors (Lipinski definition) is 4. The second-order valence-corrected chi connectivity index (χ2v) is 8.99. The zero-order chi connectivity index (χ0) is 23.9. The van der Waals surface area contributed by atoms with Crippen molar-refractivity contribution < 1.29 is 24.2 Å². The molecule has 1 saturated heterocycles. The first kappa shape index (κ1) is 23.8. The number of carbonyl (C=O) groups excluding carboxylic acids is 2. The summed E-state index contributed by atoms with van der Waals surface area (Å²) in [5, 5.41) is 8.65. The molecular formula is C27H32N2O5. The van der Waals surface area contributed by atoms with Crippen molar-refractivity contribution in [3.8, 4) is 5.75 Å². The molecule has 0 unspecified atom stereocenters. The van der Waals surface area contributed by atoms with Crippen molar-refractivity contribution >= 4 is 23.5 Å². The molecule has 0 atom stereocenters. The Bertz CT molecular complexity index is 1010. The van der Waals surface area contributed by atoms with E-state index in [0.717, 1.165) is 37.8 Å². The third kappa shape index (κ3) is 5.76. The summed E-state index contributed by atoms with van der Waals surface area (Å²) >= 11 is 0. The fourth-order valence-electron chi connectivity index (χ4n) is 4.80. The highest BCUT2D eigenvalue weighted by Crippen LogP contribution is 2.32. The SMILES string of the molecule is O=C(O)CCCCCOc1ccc(C(=O)N2CCC(N3C(=O)CCc4ccccc43)CC2)cc1. The molecule has 7 heteroatoms. The predicted molar refractivity (Wildman–Crippen MR) is 129 cm³/mol. The molecule has 0 radical (unpaired) electrons. The van der Waals surface area contributed by atoms with Gasteiger partial charge in [-0.05, 0) is 74.4 Å². The van der Waals surface area contributed by atoms with Gasteiger partial charge in [-0.15, -0.1) is 0 Å². The van der Waals surface area contributed by atoms with Crippen LogP contribution in [0.2, 0.25) is 0 Å². The summed E-state index contributed by atoms with van der Waals surface area (Å²) < 4.78 is 5.70. The number of piperidine rings is 1. The normalized spacial score (nSPS) is 16.3. The number of carboxylic acid groups (broad SMARTS) is 1. The van der Waals surface area contributed by atoms with E-state index in [1.807, 2.05) is 28.0 Å². The summed E-state index contributed by atoms with van der Waals surface area (Å²) in [7, 11) is 0. The first-order valence-electron chi connectivity index (χ1n) is 12.2. The molecular weight excluding hydrogens is 432 g/mol. The number of carboxylic acids is 1. The lowest BCUT2D eigenvalue weighted by Gasteiger charge is -2.41. The number of carbonyl (C=O) groups is 3. The minimum absolute atomic E-state index is 0.00374. The van der Waals surface area contributed by atoms with Crippen LogP contribution in [0.3, 0.4) is 0 Å². The molecule has 2 aromatic carbocycles. The number of ether oxygens (including phenoxy) is 1. The van der Waals surface area contributed by atoms with Crippen molar-refractivity contribution in [2.45, 2.75) is 57.4 Å². The molecule has 0 saturated carbocycles. The van der Waals surface area contributed by atoms with E-state index in [-0.39, 0.29) is 24.3 Å². The lowest BCUT2D eigenvalue weighted by atomic mass is 9.95. The number of benzene rings is 2. The Kier molecular flexibility index (Phi) is 7.83. The molecule has 1 fully saturated rings. The van der Waals surface area contributed by atoms with Gasteiger partial charge in [-0.3, -0.25) is 14.4 Å². The van der Waals surface area contributed by atoms with Gasteiger partial charge in [0.1, 0.15) is 5.75 Å². The van der Waals surface area contributed by atoms with E-state index in [0.29, 0.717) is 43.9 Å². The van der Waals surface area contributed by atoms with Gasteiger partial charge in [0.25, 0.3) is 5.91 Å². The first-order chi connectivity index (χ1) is 16.5. The highest BCUT2D eigenvalue weighted by molar-refractivity contribution is 5.97. The van der Waals surface area contributed by atoms with E-state index in [1.54, 1.807) is 24.3 Å². The van der Waals surface area contributed by atoms with Gasteiger partial charge >= 0.3 is 5.97 Å². The summed E-state index contributed by atoms with van der Waals surface area (Å²) in [5.41, 5.74) is 2.89. The number of hydrogen-bond donors (Lipinski definition) is 1. The van der Waals surface area contributed by atoms with E-state index in [2.05, 4.69) is 6.07 Å². The highest BCUT2D eigenvalue weighted by Gasteiger charge is 2.33. The Hall–Kier alpha value is -3.35. The zero-order valence-corrected chi connectivity index (χ0v) is 19.4. The Morgan fingerprint density at radius 1 is 0.941 bits per heavy atom. The van der Waals surface area contributed by atoms with Crippen LogP contribution < -0.4 is 9.64 Å². The number of amides is 2. The number of fused-ring (bicyclic) bond motifs is 1. The maximum absolute atomic E-state index is 13.0. The van der Waals surface area contributed by atoms with Crippen LogP contribution in [0.5, 0.6) is 5.75 Å². The third-order valence-electron chi connectivity index (χ3n) is 6.65. The van der Waals surface area contributed by atoms with Crippen molar-refractivity contribution in [2.24, 2.45) is 0 Å². The zero-order valence-electron chi connectivity index (χ0n) is 19.4. The van der Waals surface area contributed by atoms with Crippen LogP contribution in [0.4, 0.5) is 5.69 Å². The average molecular weight is 465 g/mol. The number of aliphatic carboxylic acids is 1. The van der Waals surface area contributed by atoms with E-state index in [4.69, 9.17) is 9.84 Å². The molecule has 34 heavy (non-hydrogen) atoms. The molecule has 2 amide bonds. The van der Waals surface area contributed by atoms with E-state index >= 15 is 0 Å². The van der Waals surface area contributed by atoms with Gasteiger partial charge in [-0.1, -0.05) is 18.2 Å². The van der Waals surface area contributed by atoms with Gasteiger partial charge in [0.2, 0.25) is 5.91 Å². The molecule has 0 bridgehead atoms. The van der Waals surface area contributed by atoms with Gasteiger partial charge in [0.05, 0.1) is 6.61 Å². The summed E-state index contributed by atoms with van der Waals surface area (Å²) in [6.07, 6.45) is 5.35. The van der Waals surface area contributed by atoms with Crippen molar-refractivity contribution in [1.82, 2.24) is 4.90 Å². The van der Waals surface area contributed by atoms with E-state index in [1.165, 1.54) is 5.56 Å². The quantitative estimate of drug-likeness (QED) is 0.560. The maximum Gasteiger partial charge on any atom is 0.303 e. The predicted octanol–water partition coefficient (Wildman–Crippen LogP) is 4.29. The molecule has 4 rings (SSSR count). The molecule has 0 aromatic heterocycles. The summed E-state index contributed by atoms with van der Waals surface area (Å²) in [6.45, 7) is 1.78. The maximum atomic E-state index is 13.0. The second-order valence-electron chi connectivity index (χ2n) is 8.99. The molecule has 2 aliphatic rings. The summed E-state index contributed by atoms with van der Waals surface area (Å²) in [6, 6.07) is 15.5. The Morgan fingerprint density at radius 2 is 1.68 bits per heavy atom.